The number of halogens is 1. The number of para-hydroxylation sites is 1. The number of fused-ring (bicyclic) bond motifs is 1. The van der Waals surface area contributed by atoms with Gasteiger partial charge in [0.25, 0.3) is 0 Å². The third-order valence-corrected chi connectivity index (χ3v) is 5.15. The third-order valence-electron chi connectivity index (χ3n) is 2.61. The number of hydrogen-bond acceptors (Lipinski definition) is 4. The first-order valence-corrected chi connectivity index (χ1v) is 9.35. The topological polar surface area (TPSA) is 47.0 Å². The van der Waals surface area contributed by atoms with Gasteiger partial charge in [-0.2, -0.15) is 11.8 Å². The predicted octanol–water partition coefficient (Wildman–Crippen LogP) is 3.17. The maximum Gasteiger partial charge on any atom is 0.148 e. The Morgan fingerprint density at radius 1 is 1.32 bits per heavy atom. The van der Waals surface area contributed by atoms with E-state index in [1.54, 1.807) is 11.8 Å². The fourth-order valence-electron chi connectivity index (χ4n) is 1.63. The summed E-state index contributed by atoms with van der Waals surface area (Å²) in [5, 5.41) is 1.54. The van der Waals surface area contributed by atoms with Crippen LogP contribution in [0.25, 0.3) is 10.9 Å². The lowest BCUT2D eigenvalue weighted by molar-refractivity contribution is 0.603. The van der Waals surface area contributed by atoms with Gasteiger partial charge < -0.3 is 0 Å². The van der Waals surface area contributed by atoms with E-state index in [0.29, 0.717) is 16.7 Å². The van der Waals surface area contributed by atoms with Crippen molar-refractivity contribution in [3.8, 4) is 0 Å². The number of pyridine rings is 1. The standard InChI is InChI=1S/C13H14ClNO2S2/c1-19(16,17)7-6-18-9-11-8-10-4-2-3-5-12(10)15-13(11)14/h2-5,8H,6-7,9H2,1H3. The molecule has 102 valence electrons. The molecule has 0 unspecified atom stereocenters. The SMILES string of the molecule is CS(=O)(=O)CCSCc1cc2ccccc2nc1Cl. The molecular formula is C13H14ClNO2S2. The van der Waals surface area contributed by atoms with Gasteiger partial charge in [-0.15, -0.1) is 0 Å². The number of sulfone groups is 1. The lowest BCUT2D eigenvalue weighted by Crippen LogP contribution is -2.05. The Bertz CT molecular complexity index is 686. The van der Waals surface area contributed by atoms with E-state index in [2.05, 4.69) is 4.98 Å². The van der Waals surface area contributed by atoms with Crippen LogP contribution in [0.5, 0.6) is 0 Å². The van der Waals surface area contributed by atoms with E-state index in [4.69, 9.17) is 11.6 Å². The molecule has 0 amide bonds. The van der Waals surface area contributed by atoms with Gasteiger partial charge >= 0.3 is 0 Å². The van der Waals surface area contributed by atoms with E-state index in [9.17, 15) is 8.42 Å². The van der Waals surface area contributed by atoms with E-state index in [1.807, 2.05) is 30.3 Å². The summed E-state index contributed by atoms with van der Waals surface area (Å²) in [5.74, 6) is 1.43. The van der Waals surface area contributed by atoms with Crippen LogP contribution in [0.1, 0.15) is 5.56 Å². The molecule has 3 nitrogen and oxygen atoms in total. The second-order valence-corrected chi connectivity index (χ2v) is 8.04. The molecule has 0 fully saturated rings. The van der Waals surface area contributed by atoms with Crippen molar-refractivity contribution in [2.24, 2.45) is 0 Å². The van der Waals surface area contributed by atoms with Crippen molar-refractivity contribution in [1.29, 1.82) is 0 Å². The Hall–Kier alpha value is -0.780. The number of nitrogens with zero attached hydrogens (tertiary/aromatic N) is 1. The van der Waals surface area contributed by atoms with Crippen LogP contribution in [0.4, 0.5) is 0 Å². The second kappa shape index (κ2) is 6.11. The quantitative estimate of drug-likeness (QED) is 0.628. The van der Waals surface area contributed by atoms with Crippen LogP contribution in [0.3, 0.4) is 0 Å². The van der Waals surface area contributed by atoms with Crippen LogP contribution in [0, 0.1) is 0 Å². The summed E-state index contributed by atoms with van der Waals surface area (Å²) < 4.78 is 22.1. The number of rotatable bonds is 5. The number of benzene rings is 1. The molecule has 19 heavy (non-hydrogen) atoms. The summed E-state index contributed by atoms with van der Waals surface area (Å²) in [7, 11) is -2.89. The maximum absolute atomic E-state index is 11.0. The summed E-state index contributed by atoms with van der Waals surface area (Å²) in [5.41, 5.74) is 1.82. The lowest BCUT2D eigenvalue weighted by Gasteiger charge is -2.06. The number of thioether (sulfide) groups is 1. The van der Waals surface area contributed by atoms with Gasteiger partial charge in [0, 0.05) is 28.7 Å². The normalized spacial score (nSPS) is 11.9. The predicted molar refractivity (Wildman–Crippen MR) is 82.6 cm³/mol. The Kier molecular flexibility index (Phi) is 4.71. The van der Waals surface area contributed by atoms with Gasteiger partial charge in [-0.25, -0.2) is 13.4 Å². The number of aromatic nitrogens is 1. The smallest absolute Gasteiger partial charge is 0.148 e. The first-order chi connectivity index (χ1) is 8.96. The average Bonchev–Trinajstić information content (AvgIpc) is 2.33. The minimum Gasteiger partial charge on any atom is -0.236 e. The van der Waals surface area contributed by atoms with Gasteiger partial charge in [0.1, 0.15) is 15.0 Å². The first kappa shape index (κ1) is 14.6. The van der Waals surface area contributed by atoms with Crippen molar-refractivity contribution < 1.29 is 8.42 Å². The minimum atomic E-state index is -2.89. The van der Waals surface area contributed by atoms with Crippen molar-refractivity contribution >= 4 is 44.1 Å². The monoisotopic (exact) mass is 315 g/mol. The van der Waals surface area contributed by atoms with Crippen LogP contribution >= 0.6 is 23.4 Å². The zero-order chi connectivity index (χ0) is 13.9. The first-order valence-electron chi connectivity index (χ1n) is 5.75. The molecule has 0 atom stereocenters. The van der Waals surface area contributed by atoms with E-state index in [1.165, 1.54) is 6.26 Å². The lowest BCUT2D eigenvalue weighted by atomic mass is 10.2. The van der Waals surface area contributed by atoms with Crippen LogP contribution in [-0.4, -0.2) is 31.2 Å². The van der Waals surface area contributed by atoms with E-state index in [0.717, 1.165) is 16.5 Å². The van der Waals surface area contributed by atoms with E-state index < -0.39 is 9.84 Å². The molecule has 6 heteroatoms. The van der Waals surface area contributed by atoms with Crippen LogP contribution in [0.15, 0.2) is 30.3 Å². The van der Waals surface area contributed by atoms with Gasteiger partial charge in [-0.3, -0.25) is 0 Å². The fraction of sp³-hybridized carbons (Fsp3) is 0.308. The second-order valence-electron chi connectivity index (χ2n) is 4.31. The molecule has 0 aliphatic rings. The molecule has 0 bridgehead atoms. The van der Waals surface area contributed by atoms with Gasteiger partial charge in [0.2, 0.25) is 0 Å². The maximum atomic E-state index is 11.0. The summed E-state index contributed by atoms with van der Waals surface area (Å²) in [6.45, 7) is 0. The molecule has 2 rings (SSSR count). The van der Waals surface area contributed by atoms with Crippen molar-refractivity contribution in [2.75, 3.05) is 17.8 Å². The molecule has 0 radical (unpaired) electrons. The van der Waals surface area contributed by atoms with Gasteiger partial charge in [-0.1, -0.05) is 29.8 Å². The van der Waals surface area contributed by atoms with Crippen LogP contribution in [-0.2, 0) is 15.6 Å². The average molecular weight is 316 g/mol. The van der Waals surface area contributed by atoms with Crippen LogP contribution in [0.2, 0.25) is 5.15 Å². The van der Waals surface area contributed by atoms with E-state index >= 15 is 0 Å². The molecule has 1 aromatic heterocycles. The number of hydrogen-bond donors (Lipinski definition) is 0. The van der Waals surface area contributed by atoms with Crippen molar-refractivity contribution in [3.05, 3.63) is 41.0 Å². The molecule has 1 aromatic carbocycles. The highest BCUT2D eigenvalue weighted by atomic mass is 35.5. The molecule has 1 heterocycles. The van der Waals surface area contributed by atoms with E-state index in [-0.39, 0.29) is 5.75 Å². The molecule has 0 saturated carbocycles. The summed E-state index contributed by atoms with van der Waals surface area (Å²) in [4.78, 5) is 4.34. The summed E-state index contributed by atoms with van der Waals surface area (Å²) in [6.07, 6.45) is 1.25. The Morgan fingerprint density at radius 3 is 2.79 bits per heavy atom. The van der Waals surface area contributed by atoms with Crippen molar-refractivity contribution in [3.63, 3.8) is 0 Å². The van der Waals surface area contributed by atoms with Gasteiger partial charge in [0.05, 0.1) is 11.3 Å². The highest BCUT2D eigenvalue weighted by Gasteiger charge is 2.06. The highest BCUT2D eigenvalue weighted by Crippen LogP contribution is 2.24. The minimum absolute atomic E-state index is 0.191. The highest BCUT2D eigenvalue weighted by molar-refractivity contribution is 7.99. The Balaban J connectivity index is 2.06. The Labute approximate surface area is 122 Å². The fourth-order valence-corrected chi connectivity index (χ4v) is 4.19. The van der Waals surface area contributed by atoms with Gasteiger partial charge in [0.15, 0.2) is 0 Å². The molecular weight excluding hydrogens is 302 g/mol. The van der Waals surface area contributed by atoms with Crippen molar-refractivity contribution in [1.82, 2.24) is 4.98 Å². The zero-order valence-electron chi connectivity index (χ0n) is 10.5. The summed E-state index contributed by atoms with van der Waals surface area (Å²) >= 11 is 7.68. The molecule has 0 saturated heterocycles. The molecule has 2 aromatic rings. The van der Waals surface area contributed by atoms with Crippen molar-refractivity contribution in [2.45, 2.75) is 5.75 Å². The summed E-state index contributed by atoms with van der Waals surface area (Å²) in [6, 6.07) is 9.80. The third kappa shape index (κ3) is 4.37. The molecule has 0 spiro atoms. The van der Waals surface area contributed by atoms with Crippen LogP contribution < -0.4 is 0 Å². The molecule has 0 N–H and O–H groups in total. The zero-order valence-corrected chi connectivity index (χ0v) is 12.9. The molecule has 0 aliphatic heterocycles. The van der Waals surface area contributed by atoms with Gasteiger partial charge in [-0.05, 0) is 12.1 Å². The largest absolute Gasteiger partial charge is 0.236 e. The molecule has 0 aliphatic carbocycles. The Morgan fingerprint density at radius 2 is 2.05 bits per heavy atom.